The van der Waals surface area contributed by atoms with Gasteiger partial charge in [0.25, 0.3) is 0 Å². The van der Waals surface area contributed by atoms with Crippen LogP contribution in [0.15, 0.2) is 4.79 Å². The van der Waals surface area contributed by atoms with E-state index in [4.69, 9.17) is 5.73 Å². The normalized spacial score (nSPS) is 18.6. The van der Waals surface area contributed by atoms with Gasteiger partial charge in [-0.3, -0.25) is 4.98 Å². The summed E-state index contributed by atoms with van der Waals surface area (Å²) in [6, 6.07) is 0.285. The van der Waals surface area contributed by atoms with Crippen LogP contribution in [0.4, 0.5) is 0 Å². The van der Waals surface area contributed by atoms with Gasteiger partial charge in [0, 0.05) is 0 Å². The van der Waals surface area contributed by atoms with Crippen molar-refractivity contribution in [3.8, 4) is 0 Å². The number of nitrogens with one attached hydrogen (secondary N) is 1. The van der Waals surface area contributed by atoms with Gasteiger partial charge in [0.15, 0.2) is 0 Å². The SMILES string of the molecule is NCc1nn(C2CCCCC2)c(=O)[nH]1. The van der Waals surface area contributed by atoms with E-state index in [-0.39, 0.29) is 11.7 Å². The maximum absolute atomic E-state index is 11.5. The topological polar surface area (TPSA) is 76.7 Å². The Morgan fingerprint density at radius 2 is 2.14 bits per heavy atom. The predicted octanol–water partition coefficient (Wildman–Crippen LogP) is 0.535. The Kier molecular flexibility index (Phi) is 2.67. The number of H-pyrrole nitrogens is 1. The number of aromatic nitrogens is 3. The molecule has 0 bridgehead atoms. The molecule has 1 heterocycles. The molecular formula is C9H16N4O. The summed E-state index contributed by atoms with van der Waals surface area (Å²) in [6.45, 7) is 0.301. The quantitative estimate of drug-likeness (QED) is 0.724. The summed E-state index contributed by atoms with van der Waals surface area (Å²) < 4.78 is 1.57. The van der Waals surface area contributed by atoms with Crippen molar-refractivity contribution in [1.82, 2.24) is 14.8 Å². The zero-order valence-corrected chi connectivity index (χ0v) is 8.20. The molecule has 0 radical (unpaired) electrons. The first kappa shape index (κ1) is 9.45. The van der Waals surface area contributed by atoms with Crippen LogP contribution in [-0.2, 0) is 6.54 Å². The smallest absolute Gasteiger partial charge is 0.324 e. The van der Waals surface area contributed by atoms with Gasteiger partial charge in [-0.25, -0.2) is 9.48 Å². The highest BCUT2D eigenvalue weighted by Crippen LogP contribution is 2.25. The Labute approximate surface area is 82.3 Å². The van der Waals surface area contributed by atoms with Crippen LogP contribution in [0.25, 0.3) is 0 Å². The molecular weight excluding hydrogens is 180 g/mol. The fraction of sp³-hybridized carbons (Fsp3) is 0.778. The van der Waals surface area contributed by atoms with E-state index in [2.05, 4.69) is 10.1 Å². The number of hydrogen-bond acceptors (Lipinski definition) is 3. The van der Waals surface area contributed by atoms with Gasteiger partial charge < -0.3 is 5.73 Å². The van der Waals surface area contributed by atoms with Gasteiger partial charge in [0.2, 0.25) is 0 Å². The lowest BCUT2D eigenvalue weighted by Gasteiger charge is -2.20. The minimum absolute atomic E-state index is 0.114. The molecule has 0 aliphatic heterocycles. The second kappa shape index (κ2) is 3.96. The van der Waals surface area contributed by atoms with Crippen LogP contribution < -0.4 is 11.4 Å². The number of nitrogens with two attached hydrogens (primary N) is 1. The summed E-state index contributed by atoms with van der Waals surface area (Å²) in [5.41, 5.74) is 5.30. The van der Waals surface area contributed by atoms with Gasteiger partial charge in [0.05, 0.1) is 12.6 Å². The number of hydrogen-bond donors (Lipinski definition) is 2. The zero-order valence-electron chi connectivity index (χ0n) is 8.20. The summed E-state index contributed by atoms with van der Waals surface area (Å²) in [4.78, 5) is 14.2. The van der Waals surface area contributed by atoms with Gasteiger partial charge in [-0.1, -0.05) is 19.3 Å². The third-order valence-electron chi connectivity index (χ3n) is 2.80. The highest BCUT2D eigenvalue weighted by atomic mass is 16.2. The van der Waals surface area contributed by atoms with E-state index in [1.807, 2.05) is 0 Å². The highest BCUT2D eigenvalue weighted by Gasteiger charge is 2.18. The number of aromatic amines is 1. The van der Waals surface area contributed by atoms with Crippen molar-refractivity contribution in [1.29, 1.82) is 0 Å². The molecule has 1 aliphatic rings. The molecule has 3 N–H and O–H groups in total. The molecule has 2 rings (SSSR count). The van der Waals surface area contributed by atoms with Crippen molar-refractivity contribution in [3.63, 3.8) is 0 Å². The third-order valence-corrected chi connectivity index (χ3v) is 2.80. The second-order valence-corrected chi connectivity index (χ2v) is 3.82. The maximum atomic E-state index is 11.5. The monoisotopic (exact) mass is 196 g/mol. The Bertz CT molecular complexity index is 348. The van der Waals surface area contributed by atoms with Crippen molar-refractivity contribution in [2.75, 3.05) is 0 Å². The average molecular weight is 196 g/mol. The molecule has 1 aliphatic carbocycles. The van der Waals surface area contributed by atoms with E-state index < -0.39 is 0 Å². The molecule has 0 aromatic carbocycles. The molecule has 78 valence electrons. The molecule has 0 spiro atoms. The summed E-state index contributed by atoms with van der Waals surface area (Å²) in [5.74, 6) is 0.584. The Hall–Kier alpha value is -1.10. The lowest BCUT2D eigenvalue weighted by atomic mass is 9.96. The Morgan fingerprint density at radius 3 is 2.71 bits per heavy atom. The van der Waals surface area contributed by atoms with Crippen molar-refractivity contribution < 1.29 is 0 Å². The summed E-state index contributed by atoms with van der Waals surface area (Å²) in [6.07, 6.45) is 5.80. The predicted molar refractivity (Wildman–Crippen MR) is 52.9 cm³/mol. The lowest BCUT2D eigenvalue weighted by Crippen LogP contribution is -2.25. The van der Waals surface area contributed by atoms with Crippen LogP contribution >= 0.6 is 0 Å². The summed E-state index contributed by atoms with van der Waals surface area (Å²) in [7, 11) is 0. The van der Waals surface area contributed by atoms with Gasteiger partial charge >= 0.3 is 5.69 Å². The van der Waals surface area contributed by atoms with E-state index in [9.17, 15) is 4.79 Å². The maximum Gasteiger partial charge on any atom is 0.343 e. The summed E-state index contributed by atoms with van der Waals surface area (Å²) >= 11 is 0. The zero-order chi connectivity index (χ0) is 9.97. The molecule has 1 aromatic heterocycles. The van der Waals surface area contributed by atoms with Crippen LogP contribution in [-0.4, -0.2) is 14.8 Å². The Balaban J connectivity index is 2.21. The van der Waals surface area contributed by atoms with Gasteiger partial charge in [0.1, 0.15) is 5.82 Å². The molecule has 0 saturated heterocycles. The van der Waals surface area contributed by atoms with Gasteiger partial charge in [-0.15, -0.1) is 0 Å². The van der Waals surface area contributed by atoms with Crippen LogP contribution in [0.1, 0.15) is 44.0 Å². The number of rotatable bonds is 2. The highest BCUT2D eigenvalue weighted by molar-refractivity contribution is 4.83. The molecule has 1 saturated carbocycles. The van der Waals surface area contributed by atoms with E-state index in [0.29, 0.717) is 12.4 Å². The van der Waals surface area contributed by atoms with Crippen LogP contribution in [0.3, 0.4) is 0 Å². The van der Waals surface area contributed by atoms with Crippen molar-refractivity contribution in [2.24, 2.45) is 5.73 Å². The minimum atomic E-state index is -0.114. The Morgan fingerprint density at radius 1 is 1.43 bits per heavy atom. The fourth-order valence-electron chi connectivity index (χ4n) is 2.05. The molecule has 0 amide bonds. The van der Waals surface area contributed by atoms with Crippen molar-refractivity contribution in [2.45, 2.75) is 44.7 Å². The molecule has 14 heavy (non-hydrogen) atoms. The molecule has 1 aromatic rings. The van der Waals surface area contributed by atoms with Crippen molar-refractivity contribution in [3.05, 3.63) is 16.3 Å². The third kappa shape index (κ3) is 1.72. The van der Waals surface area contributed by atoms with E-state index in [0.717, 1.165) is 12.8 Å². The molecule has 5 heteroatoms. The lowest BCUT2D eigenvalue weighted by molar-refractivity contribution is 0.321. The van der Waals surface area contributed by atoms with Crippen LogP contribution in [0.2, 0.25) is 0 Å². The van der Waals surface area contributed by atoms with E-state index >= 15 is 0 Å². The molecule has 0 atom stereocenters. The number of nitrogens with zero attached hydrogens (tertiary/aromatic N) is 2. The van der Waals surface area contributed by atoms with Gasteiger partial charge in [-0.05, 0) is 12.8 Å². The van der Waals surface area contributed by atoms with E-state index in [1.54, 1.807) is 4.68 Å². The van der Waals surface area contributed by atoms with E-state index in [1.165, 1.54) is 19.3 Å². The molecule has 5 nitrogen and oxygen atoms in total. The van der Waals surface area contributed by atoms with Crippen LogP contribution in [0, 0.1) is 0 Å². The average Bonchev–Trinajstić information content (AvgIpc) is 2.61. The standard InChI is InChI=1S/C9H16N4O/c10-6-8-11-9(14)13(12-8)7-4-2-1-3-5-7/h7H,1-6,10H2,(H,11,12,14). The molecule has 0 unspecified atom stereocenters. The largest absolute Gasteiger partial charge is 0.343 e. The van der Waals surface area contributed by atoms with Crippen molar-refractivity contribution >= 4 is 0 Å². The van der Waals surface area contributed by atoms with Crippen LogP contribution in [0.5, 0.6) is 0 Å². The fourth-order valence-corrected chi connectivity index (χ4v) is 2.05. The first-order chi connectivity index (χ1) is 6.81. The first-order valence-electron chi connectivity index (χ1n) is 5.19. The first-order valence-corrected chi connectivity index (χ1v) is 5.19. The second-order valence-electron chi connectivity index (χ2n) is 3.82. The minimum Gasteiger partial charge on any atom is -0.324 e. The molecule has 1 fully saturated rings. The van der Waals surface area contributed by atoms with Gasteiger partial charge in [-0.2, -0.15) is 5.10 Å². The summed E-state index contributed by atoms with van der Waals surface area (Å²) in [5, 5.41) is 4.18.